The molecule has 2 aromatic rings. The second-order valence-electron chi connectivity index (χ2n) is 3.94. The van der Waals surface area contributed by atoms with Crippen molar-refractivity contribution >= 4 is 27.5 Å². The number of benzene rings is 1. The first-order valence-electron chi connectivity index (χ1n) is 5.50. The number of nitrogens with zero attached hydrogens (tertiary/aromatic N) is 1. The van der Waals surface area contributed by atoms with Gasteiger partial charge in [-0.15, -0.1) is 0 Å². The predicted molar refractivity (Wildman–Crippen MR) is 77.2 cm³/mol. The normalized spacial score (nSPS) is 12.4. The van der Waals surface area contributed by atoms with Gasteiger partial charge < -0.3 is 0 Å². The van der Waals surface area contributed by atoms with Gasteiger partial charge in [-0.3, -0.25) is 16.3 Å². The van der Waals surface area contributed by atoms with Gasteiger partial charge in [-0.2, -0.15) is 0 Å². The summed E-state index contributed by atoms with van der Waals surface area (Å²) >= 11 is 9.51. The van der Waals surface area contributed by atoms with E-state index in [1.165, 1.54) is 0 Å². The molecule has 0 radical (unpaired) electrons. The average Bonchev–Trinajstić information content (AvgIpc) is 2.39. The van der Waals surface area contributed by atoms with Crippen LogP contribution in [0.1, 0.15) is 17.2 Å². The number of halogens is 2. The Morgan fingerprint density at radius 1 is 1.28 bits per heavy atom. The largest absolute Gasteiger partial charge is 0.271 e. The maximum Gasteiger partial charge on any atom is 0.0622 e. The Morgan fingerprint density at radius 2 is 2.00 bits per heavy atom. The van der Waals surface area contributed by atoms with E-state index in [1.54, 1.807) is 12.4 Å². The number of aromatic nitrogens is 1. The second-order valence-corrected chi connectivity index (χ2v) is 5.26. The van der Waals surface area contributed by atoms with Crippen LogP contribution in [0.2, 0.25) is 5.02 Å². The molecule has 1 heterocycles. The zero-order chi connectivity index (χ0) is 13.0. The molecule has 3 N–H and O–H groups in total. The van der Waals surface area contributed by atoms with Crippen LogP contribution in [0.15, 0.2) is 47.2 Å². The minimum absolute atomic E-state index is 0.0259. The number of nitrogens with two attached hydrogens (primary N) is 1. The average molecular weight is 327 g/mol. The third-order valence-corrected chi connectivity index (χ3v) is 3.62. The first-order chi connectivity index (χ1) is 8.70. The zero-order valence-electron chi connectivity index (χ0n) is 9.61. The third kappa shape index (κ3) is 3.29. The molecule has 0 spiro atoms. The number of hydrogen-bond donors (Lipinski definition) is 2. The number of pyridine rings is 1. The Kier molecular flexibility index (Phi) is 4.72. The van der Waals surface area contributed by atoms with Crippen molar-refractivity contribution in [2.75, 3.05) is 0 Å². The van der Waals surface area contributed by atoms with E-state index in [0.717, 1.165) is 22.0 Å². The minimum Gasteiger partial charge on any atom is -0.271 e. The van der Waals surface area contributed by atoms with E-state index in [0.29, 0.717) is 5.02 Å². The summed E-state index contributed by atoms with van der Waals surface area (Å²) in [6, 6.07) is 9.98. The molecule has 0 saturated heterocycles. The maximum absolute atomic E-state index is 6.10. The van der Waals surface area contributed by atoms with Crippen LogP contribution in [0, 0.1) is 0 Å². The minimum atomic E-state index is 0.0259. The van der Waals surface area contributed by atoms with Crippen molar-refractivity contribution in [3.63, 3.8) is 0 Å². The van der Waals surface area contributed by atoms with Crippen molar-refractivity contribution in [3.05, 3.63) is 63.3 Å². The summed E-state index contributed by atoms with van der Waals surface area (Å²) in [6.07, 6.45) is 4.10. The lowest BCUT2D eigenvalue weighted by atomic mass is 10.0. The highest BCUT2D eigenvalue weighted by Gasteiger charge is 2.12. The second kappa shape index (κ2) is 6.29. The van der Waals surface area contributed by atoms with Gasteiger partial charge in [0.1, 0.15) is 0 Å². The topological polar surface area (TPSA) is 50.9 Å². The molecular weight excluding hydrogens is 314 g/mol. The number of hydrogen-bond acceptors (Lipinski definition) is 3. The molecule has 5 heteroatoms. The van der Waals surface area contributed by atoms with Gasteiger partial charge >= 0.3 is 0 Å². The summed E-state index contributed by atoms with van der Waals surface area (Å²) in [6.45, 7) is 0. The summed E-state index contributed by atoms with van der Waals surface area (Å²) in [5.41, 5.74) is 4.96. The molecular formula is C13H13BrClN3. The standard InChI is InChI=1S/C13H13BrClN3/c14-11-3-1-9(2-4-11)13(18-16)7-10-5-6-17-8-12(10)15/h1-6,8,13,18H,7,16H2. The Labute approximate surface area is 119 Å². The Balaban J connectivity index is 2.20. The van der Waals surface area contributed by atoms with Crippen LogP contribution in [0.4, 0.5) is 0 Å². The first kappa shape index (κ1) is 13.5. The monoisotopic (exact) mass is 325 g/mol. The fourth-order valence-electron chi connectivity index (χ4n) is 1.76. The van der Waals surface area contributed by atoms with E-state index >= 15 is 0 Å². The quantitative estimate of drug-likeness (QED) is 0.670. The highest BCUT2D eigenvalue weighted by atomic mass is 79.9. The molecule has 0 aliphatic carbocycles. The van der Waals surface area contributed by atoms with Gasteiger partial charge in [0.2, 0.25) is 0 Å². The molecule has 1 unspecified atom stereocenters. The molecule has 0 bridgehead atoms. The summed E-state index contributed by atoms with van der Waals surface area (Å²) in [7, 11) is 0. The van der Waals surface area contributed by atoms with Gasteiger partial charge in [-0.1, -0.05) is 39.7 Å². The van der Waals surface area contributed by atoms with Crippen LogP contribution in [0.5, 0.6) is 0 Å². The predicted octanol–water partition coefficient (Wildman–Crippen LogP) is 3.24. The summed E-state index contributed by atoms with van der Waals surface area (Å²) in [4.78, 5) is 3.97. The van der Waals surface area contributed by atoms with Crippen molar-refractivity contribution in [3.8, 4) is 0 Å². The van der Waals surface area contributed by atoms with E-state index in [9.17, 15) is 0 Å². The fourth-order valence-corrected chi connectivity index (χ4v) is 2.22. The summed E-state index contributed by atoms with van der Waals surface area (Å²) in [5.74, 6) is 5.62. The van der Waals surface area contributed by atoms with Crippen LogP contribution in [0.3, 0.4) is 0 Å². The van der Waals surface area contributed by atoms with Crippen molar-refractivity contribution < 1.29 is 0 Å². The van der Waals surface area contributed by atoms with Gasteiger partial charge in [-0.05, 0) is 35.7 Å². The molecule has 0 aliphatic rings. The van der Waals surface area contributed by atoms with Gasteiger partial charge in [0, 0.05) is 16.9 Å². The van der Waals surface area contributed by atoms with Gasteiger partial charge in [-0.25, -0.2) is 0 Å². The lowest BCUT2D eigenvalue weighted by Gasteiger charge is -2.17. The number of nitrogens with one attached hydrogen (secondary N) is 1. The molecule has 0 fully saturated rings. The first-order valence-corrected chi connectivity index (χ1v) is 6.68. The summed E-state index contributed by atoms with van der Waals surface area (Å²) < 4.78 is 1.05. The molecule has 1 aromatic carbocycles. The SMILES string of the molecule is NNC(Cc1ccncc1Cl)c1ccc(Br)cc1. The number of hydrazine groups is 1. The van der Waals surface area contributed by atoms with Crippen LogP contribution in [-0.4, -0.2) is 4.98 Å². The van der Waals surface area contributed by atoms with Crippen molar-refractivity contribution in [1.29, 1.82) is 0 Å². The van der Waals surface area contributed by atoms with Gasteiger partial charge in [0.25, 0.3) is 0 Å². The molecule has 0 aliphatic heterocycles. The third-order valence-electron chi connectivity index (χ3n) is 2.75. The summed E-state index contributed by atoms with van der Waals surface area (Å²) in [5, 5.41) is 0.662. The van der Waals surface area contributed by atoms with Crippen LogP contribution < -0.4 is 11.3 Å². The van der Waals surface area contributed by atoms with Crippen LogP contribution in [-0.2, 0) is 6.42 Å². The molecule has 18 heavy (non-hydrogen) atoms. The van der Waals surface area contributed by atoms with E-state index in [2.05, 4.69) is 26.3 Å². The van der Waals surface area contributed by atoms with Gasteiger partial charge in [0.05, 0.1) is 11.1 Å². The maximum atomic E-state index is 6.10. The van der Waals surface area contributed by atoms with Crippen LogP contribution in [0.25, 0.3) is 0 Å². The van der Waals surface area contributed by atoms with E-state index in [1.807, 2.05) is 30.3 Å². The molecule has 1 atom stereocenters. The number of rotatable bonds is 4. The van der Waals surface area contributed by atoms with E-state index < -0.39 is 0 Å². The van der Waals surface area contributed by atoms with E-state index in [-0.39, 0.29) is 6.04 Å². The zero-order valence-corrected chi connectivity index (χ0v) is 11.9. The molecule has 2 rings (SSSR count). The smallest absolute Gasteiger partial charge is 0.0622 e. The Hall–Kier alpha value is -0.940. The Morgan fingerprint density at radius 3 is 2.61 bits per heavy atom. The van der Waals surface area contributed by atoms with Crippen molar-refractivity contribution in [1.82, 2.24) is 10.4 Å². The molecule has 0 amide bonds. The molecule has 94 valence electrons. The van der Waals surface area contributed by atoms with Crippen molar-refractivity contribution in [2.45, 2.75) is 12.5 Å². The molecule has 3 nitrogen and oxygen atoms in total. The van der Waals surface area contributed by atoms with Crippen molar-refractivity contribution in [2.24, 2.45) is 5.84 Å². The highest BCUT2D eigenvalue weighted by molar-refractivity contribution is 9.10. The lowest BCUT2D eigenvalue weighted by Crippen LogP contribution is -2.29. The lowest BCUT2D eigenvalue weighted by molar-refractivity contribution is 0.552. The van der Waals surface area contributed by atoms with Gasteiger partial charge in [0.15, 0.2) is 0 Å². The Bertz CT molecular complexity index is 516. The highest BCUT2D eigenvalue weighted by Crippen LogP contribution is 2.23. The molecule has 1 aromatic heterocycles. The van der Waals surface area contributed by atoms with Crippen LogP contribution >= 0.6 is 27.5 Å². The van der Waals surface area contributed by atoms with E-state index in [4.69, 9.17) is 17.4 Å². The molecule has 0 saturated carbocycles. The fraction of sp³-hybridized carbons (Fsp3) is 0.154.